The maximum absolute atomic E-state index is 12.7. The van der Waals surface area contributed by atoms with E-state index in [0.29, 0.717) is 33.2 Å². The first kappa shape index (κ1) is 26.2. The number of anilines is 3. The van der Waals surface area contributed by atoms with E-state index in [1.807, 2.05) is 0 Å². The van der Waals surface area contributed by atoms with Gasteiger partial charge in [-0.3, -0.25) is 14.2 Å². The van der Waals surface area contributed by atoms with Crippen LogP contribution in [0.2, 0.25) is 5.02 Å². The van der Waals surface area contributed by atoms with Crippen LogP contribution in [0.25, 0.3) is 0 Å². The molecule has 4 aromatic rings. The third-order valence-corrected chi connectivity index (χ3v) is 8.30. The normalized spacial score (nSPS) is 11.5. The van der Waals surface area contributed by atoms with Gasteiger partial charge in [0.05, 0.1) is 21.2 Å². The summed E-state index contributed by atoms with van der Waals surface area (Å²) >= 11 is 5.91. The first-order valence-corrected chi connectivity index (χ1v) is 14.3. The molecule has 0 aliphatic carbocycles. The zero-order valence-corrected chi connectivity index (χ0v) is 21.9. The summed E-state index contributed by atoms with van der Waals surface area (Å²) in [5.41, 5.74) is 1.93. The Kier molecular flexibility index (Phi) is 7.53. The van der Waals surface area contributed by atoms with Crippen LogP contribution in [0.15, 0.2) is 107 Å². The van der Waals surface area contributed by atoms with E-state index in [-0.39, 0.29) is 9.79 Å². The van der Waals surface area contributed by atoms with Gasteiger partial charge in [-0.25, -0.2) is 16.8 Å². The number of rotatable bonds is 8. The second-order valence-corrected chi connectivity index (χ2v) is 11.8. The van der Waals surface area contributed by atoms with Crippen molar-refractivity contribution in [3.05, 3.63) is 113 Å². The number of benzene rings is 4. The second kappa shape index (κ2) is 10.6. The molecule has 190 valence electrons. The Bertz CT molecular complexity index is 1660. The lowest BCUT2D eigenvalue weighted by molar-refractivity contribution is 0.102. The van der Waals surface area contributed by atoms with Crippen LogP contribution in [-0.4, -0.2) is 22.7 Å². The highest BCUT2D eigenvalue weighted by Gasteiger charge is 2.17. The van der Waals surface area contributed by atoms with Crippen molar-refractivity contribution in [2.75, 3.05) is 14.8 Å². The fourth-order valence-corrected chi connectivity index (χ4v) is 5.80. The molecule has 0 spiro atoms. The molecule has 8 nitrogen and oxygen atoms in total. The largest absolute Gasteiger partial charge is 0.322 e. The standard InChI is InChI=1S/C26H22ClN3O5S2/c1-18-16-19(10-15-25(18)30-37(34,35)23-8-3-2-4-9-23)26(31)28-21-11-13-24(14-12-21)36(32,33)29-22-7-5-6-20(27)17-22/h2-17,29-30H,1H3,(H,28,31). The summed E-state index contributed by atoms with van der Waals surface area (Å²) < 4.78 is 55.4. The Hall–Kier alpha value is -3.86. The summed E-state index contributed by atoms with van der Waals surface area (Å²) in [4.78, 5) is 12.9. The maximum atomic E-state index is 12.7. The van der Waals surface area contributed by atoms with Gasteiger partial charge in [0.15, 0.2) is 0 Å². The number of hydrogen-bond donors (Lipinski definition) is 3. The van der Waals surface area contributed by atoms with Crippen molar-refractivity contribution < 1.29 is 21.6 Å². The molecule has 0 radical (unpaired) electrons. The minimum absolute atomic E-state index is 0.0105. The van der Waals surface area contributed by atoms with Gasteiger partial charge in [-0.2, -0.15) is 0 Å². The molecule has 0 saturated carbocycles. The number of halogens is 1. The fourth-order valence-electron chi connectivity index (χ4n) is 3.41. The van der Waals surface area contributed by atoms with Gasteiger partial charge >= 0.3 is 0 Å². The summed E-state index contributed by atoms with van der Waals surface area (Å²) in [6, 6.07) is 24.6. The molecule has 0 atom stereocenters. The molecule has 37 heavy (non-hydrogen) atoms. The Morgan fingerprint density at radius 2 is 1.32 bits per heavy atom. The lowest BCUT2D eigenvalue weighted by atomic mass is 10.1. The zero-order valence-electron chi connectivity index (χ0n) is 19.5. The van der Waals surface area contributed by atoms with Crippen molar-refractivity contribution in [3.8, 4) is 0 Å². The Labute approximate surface area is 220 Å². The average molecular weight is 556 g/mol. The topological polar surface area (TPSA) is 121 Å². The van der Waals surface area contributed by atoms with Crippen molar-refractivity contribution in [1.29, 1.82) is 0 Å². The second-order valence-electron chi connectivity index (χ2n) is 8.04. The Morgan fingerprint density at radius 3 is 1.97 bits per heavy atom. The predicted molar refractivity (Wildman–Crippen MR) is 145 cm³/mol. The highest BCUT2D eigenvalue weighted by molar-refractivity contribution is 7.93. The molecule has 0 heterocycles. The summed E-state index contributed by atoms with van der Waals surface area (Å²) in [6.45, 7) is 1.69. The summed E-state index contributed by atoms with van der Waals surface area (Å²) in [5, 5.41) is 3.10. The van der Waals surface area contributed by atoms with Gasteiger partial charge in [-0.15, -0.1) is 0 Å². The molecule has 11 heteroatoms. The van der Waals surface area contributed by atoms with Crippen LogP contribution in [0, 0.1) is 6.92 Å². The molecule has 0 aromatic heterocycles. The van der Waals surface area contributed by atoms with Gasteiger partial charge in [0, 0.05) is 16.3 Å². The van der Waals surface area contributed by atoms with Crippen molar-refractivity contribution in [1.82, 2.24) is 0 Å². The molecule has 0 aliphatic rings. The molecule has 0 aliphatic heterocycles. The SMILES string of the molecule is Cc1cc(C(=O)Nc2ccc(S(=O)(=O)Nc3cccc(Cl)c3)cc2)ccc1NS(=O)(=O)c1ccccc1. The first-order chi connectivity index (χ1) is 17.5. The predicted octanol–water partition coefficient (Wildman–Crippen LogP) is 5.50. The Balaban J connectivity index is 1.44. The molecule has 0 bridgehead atoms. The van der Waals surface area contributed by atoms with Crippen LogP contribution in [0.5, 0.6) is 0 Å². The van der Waals surface area contributed by atoms with E-state index < -0.39 is 26.0 Å². The number of hydrogen-bond acceptors (Lipinski definition) is 5. The minimum Gasteiger partial charge on any atom is -0.322 e. The molecular weight excluding hydrogens is 534 g/mol. The zero-order chi connectivity index (χ0) is 26.6. The van der Waals surface area contributed by atoms with Crippen LogP contribution in [-0.2, 0) is 20.0 Å². The number of sulfonamides is 2. The highest BCUT2D eigenvalue weighted by Crippen LogP contribution is 2.23. The van der Waals surface area contributed by atoms with Crippen molar-refractivity contribution in [2.45, 2.75) is 16.7 Å². The number of aryl methyl sites for hydroxylation is 1. The van der Waals surface area contributed by atoms with Gasteiger partial charge in [0.2, 0.25) is 0 Å². The monoisotopic (exact) mass is 555 g/mol. The summed E-state index contributed by atoms with van der Waals surface area (Å²) in [5.74, 6) is -0.437. The van der Waals surface area contributed by atoms with Crippen LogP contribution in [0.1, 0.15) is 15.9 Å². The average Bonchev–Trinajstić information content (AvgIpc) is 2.86. The van der Waals surface area contributed by atoms with Crippen molar-refractivity contribution in [2.24, 2.45) is 0 Å². The quantitative estimate of drug-likeness (QED) is 0.265. The molecule has 0 fully saturated rings. The van der Waals surface area contributed by atoms with Crippen LogP contribution < -0.4 is 14.8 Å². The van der Waals surface area contributed by atoms with Gasteiger partial charge in [-0.1, -0.05) is 35.9 Å². The highest BCUT2D eigenvalue weighted by atomic mass is 35.5. The third kappa shape index (κ3) is 6.48. The Morgan fingerprint density at radius 1 is 0.676 bits per heavy atom. The van der Waals surface area contributed by atoms with Crippen molar-refractivity contribution >= 4 is 54.6 Å². The van der Waals surface area contributed by atoms with E-state index in [1.165, 1.54) is 54.6 Å². The summed E-state index contributed by atoms with van der Waals surface area (Å²) in [6.07, 6.45) is 0. The third-order valence-electron chi connectivity index (χ3n) is 5.29. The van der Waals surface area contributed by atoms with Crippen LogP contribution >= 0.6 is 11.6 Å². The maximum Gasteiger partial charge on any atom is 0.261 e. The molecule has 1 amide bonds. The number of carbonyl (C=O) groups excluding carboxylic acids is 1. The fraction of sp³-hybridized carbons (Fsp3) is 0.0385. The minimum atomic E-state index is -3.85. The molecule has 0 saturated heterocycles. The van der Waals surface area contributed by atoms with E-state index in [2.05, 4.69) is 14.8 Å². The van der Waals surface area contributed by atoms with Gasteiger partial charge in [0.25, 0.3) is 26.0 Å². The number of nitrogens with one attached hydrogen (secondary N) is 3. The van der Waals surface area contributed by atoms with E-state index in [9.17, 15) is 21.6 Å². The van der Waals surface area contributed by atoms with Crippen molar-refractivity contribution in [3.63, 3.8) is 0 Å². The smallest absolute Gasteiger partial charge is 0.261 e. The van der Waals surface area contributed by atoms with Gasteiger partial charge < -0.3 is 5.32 Å². The van der Waals surface area contributed by atoms with E-state index in [0.717, 1.165) is 0 Å². The van der Waals surface area contributed by atoms with Crippen LogP contribution in [0.3, 0.4) is 0 Å². The van der Waals surface area contributed by atoms with Gasteiger partial charge in [0.1, 0.15) is 0 Å². The number of carbonyl (C=O) groups is 1. The first-order valence-electron chi connectivity index (χ1n) is 10.9. The van der Waals surface area contributed by atoms with E-state index in [1.54, 1.807) is 49.4 Å². The van der Waals surface area contributed by atoms with Crippen LogP contribution in [0.4, 0.5) is 17.1 Å². The van der Waals surface area contributed by atoms with E-state index >= 15 is 0 Å². The van der Waals surface area contributed by atoms with Gasteiger partial charge in [-0.05, 0) is 85.3 Å². The molecule has 4 aromatic carbocycles. The molecule has 4 rings (SSSR count). The molecular formula is C26H22ClN3O5S2. The summed E-state index contributed by atoms with van der Waals surface area (Å²) in [7, 11) is -7.62. The lowest BCUT2D eigenvalue weighted by Gasteiger charge is -2.12. The molecule has 0 unspecified atom stereocenters. The molecule has 3 N–H and O–H groups in total. The number of amides is 1. The lowest BCUT2D eigenvalue weighted by Crippen LogP contribution is -2.15. The van der Waals surface area contributed by atoms with E-state index in [4.69, 9.17) is 11.6 Å².